The van der Waals surface area contributed by atoms with E-state index in [2.05, 4.69) is 10.9 Å². The van der Waals surface area contributed by atoms with Crippen LogP contribution in [0.2, 0.25) is 0 Å². The first-order chi connectivity index (χ1) is 12.2. The summed E-state index contributed by atoms with van der Waals surface area (Å²) < 4.78 is 16.4. The molecule has 0 aliphatic carbocycles. The smallest absolute Gasteiger partial charge is 0.258 e. The Morgan fingerprint density at radius 1 is 1.24 bits per heavy atom. The largest absolute Gasteiger partial charge is 0.302 e. The summed E-state index contributed by atoms with van der Waals surface area (Å²) in [6.45, 7) is 0.171. The Bertz CT molecular complexity index is 1000. The van der Waals surface area contributed by atoms with Gasteiger partial charge in [-0.3, -0.25) is 4.79 Å². The summed E-state index contributed by atoms with van der Waals surface area (Å²) in [5.41, 5.74) is 1.56. The first-order valence-electron chi connectivity index (χ1n) is 7.59. The number of para-hydroxylation sites is 1. The van der Waals surface area contributed by atoms with Gasteiger partial charge in [-0.05, 0) is 17.7 Å². The Morgan fingerprint density at radius 3 is 2.80 bits per heavy atom. The van der Waals surface area contributed by atoms with Crippen LogP contribution >= 0.6 is 23.1 Å². The van der Waals surface area contributed by atoms with Crippen molar-refractivity contribution in [3.63, 3.8) is 0 Å². The lowest BCUT2D eigenvalue weighted by Crippen LogP contribution is -2.17. The maximum atomic E-state index is 14.1. The van der Waals surface area contributed by atoms with Gasteiger partial charge in [-0.15, -0.1) is 18.2 Å². The lowest BCUT2D eigenvalue weighted by atomic mass is 10.2. The molecule has 0 aliphatic rings. The molecule has 0 spiro atoms. The number of nitrogens with zero attached hydrogens (tertiary/aromatic N) is 2. The predicted octanol–water partition coefficient (Wildman–Crippen LogP) is 3.84. The molecule has 0 N–H and O–H groups in total. The summed E-state index contributed by atoms with van der Waals surface area (Å²) in [7, 11) is 0. The van der Waals surface area contributed by atoms with Crippen molar-refractivity contribution in [2.24, 2.45) is 4.99 Å². The molecule has 0 atom stereocenters. The number of carbonyl (C=O) groups is 1. The Hall–Kier alpha value is -2.36. The van der Waals surface area contributed by atoms with Gasteiger partial charge in [-0.1, -0.05) is 53.7 Å². The second kappa shape index (κ2) is 8.15. The van der Waals surface area contributed by atoms with Gasteiger partial charge in [0.05, 0.1) is 22.5 Å². The quantitative estimate of drug-likeness (QED) is 0.640. The van der Waals surface area contributed by atoms with Gasteiger partial charge >= 0.3 is 0 Å². The number of benzene rings is 2. The SMILES string of the molecule is C#CCn1c(=NC(=O)CSCc2ccccc2)sc2cccc(F)c21. The Labute approximate surface area is 153 Å². The summed E-state index contributed by atoms with van der Waals surface area (Å²) in [5, 5.41) is 0. The van der Waals surface area contributed by atoms with Gasteiger partial charge in [0, 0.05) is 5.75 Å². The molecule has 0 unspecified atom stereocenters. The Kier molecular flexibility index (Phi) is 5.69. The molecule has 25 heavy (non-hydrogen) atoms. The second-order valence-corrected chi connectivity index (χ2v) is 7.24. The molecular formula is C19H15FN2OS2. The minimum atomic E-state index is -0.364. The lowest BCUT2D eigenvalue weighted by molar-refractivity contribution is -0.115. The zero-order valence-electron chi connectivity index (χ0n) is 13.3. The maximum absolute atomic E-state index is 14.1. The molecule has 0 bridgehead atoms. The Balaban J connectivity index is 1.80. The number of hydrogen-bond donors (Lipinski definition) is 0. The van der Waals surface area contributed by atoms with Gasteiger partial charge in [0.25, 0.3) is 5.91 Å². The number of fused-ring (bicyclic) bond motifs is 1. The average Bonchev–Trinajstić information content (AvgIpc) is 2.95. The molecule has 0 aliphatic heterocycles. The molecule has 0 saturated heterocycles. The first-order valence-corrected chi connectivity index (χ1v) is 9.56. The molecule has 126 valence electrons. The molecular weight excluding hydrogens is 355 g/mol. The topological polar surface area (TPSA) is 34.4 Å². The highest BCUT2D eigenvalue weighted by atomic mass is 32.2. The zero-order chi connectivity index (χ0) is 17.6. The molecule has 3 rings (SSSR count). The Morgan fingerprint density at radius 2 is 2.04 bits per heavy atom. The standard InChI is InChI=1S/C19H15FN2OS2/c1-2-11-22-18-15(20)9-6-10-16(18)25-19(22)21-17(23)13-24-12-14-7-4-3-5-8-14/h1,3-10H,11-13H2. The van der Waals surface area contributed by atoms with Crippen molar-refractivity contribution >= 4 is 39.2 Å². The van der Waals surface area contributed by atoms with Gasteiger partial charge < -0.3 is 4.57 Å². The van der Waals surface area contributed by atoms with E-state index in [4.69, 9.17) is 6.42 Å². The zero-order valence-corrected chi connectivity index (χ0v) is 14.9. The van der Waals surface area contributed by atoms with Gasteiger partial charge in [0.2, 0.25) is 0 Å². The minimum Gasteiger partial charge on any atom is -0.302 e. The summed E-state index contributed by atoms with van der Waals surface area (Å²) in [4.78, 5) is 16.8. The van der Waals surface area contributed by atoms with Crippen molar-refractivity contribution in [1.82, 2.24) is 4.57 Å². The highest BCUT2D eigenvalue weighted by Crippen LogP contribution is 2.20. The third kappa shape index (κ3) is 4.19. The van der Waals surface area contributed by atoms with Crippen LogP contribution in [-0.4, -0.2) is 16.2 Å². The molecule has 0 saturated carbocycles. The maximum Gasteiger partial charge on any atom is 0.258 e. The van der Waals surface area contributed by atoms with Gasteiger partial charge in [0.15, 0.2) is 4.80 Å². The van der Waals surface area contributed by atoms with Gasteiger partial charge in [0.1, 0.15) is 5.82 Å². The van der Waals surface area contributed by atoms with E-state index in [1.165, 1.54) is 29.2 Å². The number of aromatic nitrogens is 1. The monoisotopic (exact) mass is 370 g/mol. The number of thiazole rings is 1. The number of carbonyl (C=O) groups excluding carboxylic acids is 1. The molecule has 1 aromatic heterocycles. The fraction of sp³-hybridized carbons (Fsp3) is 0.158. The van der Waals surface area contributed by atoms with Crippen LogP contribution in [0.1, 0.15) is 5.56 Å². The summed E-state index contributed by atoms with van der Waals surface area (Å²) in [5.74, 6) is 2.89. The van der Waals surface area contributed by atoms with E-state index >= 15 is 0 Å². The van der Waals surface area contributed by atoms with E-state index in [-0.39, 0.29) is 24.0 Å². The molecule has 0 radical (unpaired) electrons. The molecule has 1 amide bonds. The van der Waals surface area contributed by atoms with E-state index in [0.717, 1.165) is 16.0 Å². The van der Waals surface area contributed by atoms with E-state index < -0.39 is 0 Å². The van der Waals surface area contributed by atoms with E-state index in [9.17, 15) is 9.18 Å². The summed E-state index contributed by atoms with van der Waals surface area (Å²) in [6.07, 6.45) is 5.39. The van der Waals surface area contributed by atoms with Crippen LogP contribution in [-0.2, 0) is 17.1 Å². The normalized spacial score (nSPS) is 11.6. The lowest BCUT2D eigenvalue weighted by Gasteiger charge is -2.01. The highest BCUT2D eigenvalue weighted by Gasteiger charge is 2.11. The van der Waals surface area contributed by atoms with Gasteiger partial charge in [-0.25, -0.2) is 4.39 Å². The van der Waals surface area contributed by atoms with Crippen LogP contribution in [0.15, 0.2) is 53.5 Å². The van der Waals surface area contributed by atoms with Crippen LogP contribution in [0.3, 0.4) is 0 Å². The van der Waals surface area contributed by atoms with E-state index in [1.807, 2.05) is 30.3 Å². The van der Waals surface area contributed by atoms with Crippen LogP contribution < -0.4 is 4.80 Å². The first kappa shape index (κ1) is 17.5. The molecule has 0 fully saturated rings. The van der Waals surface area contributed by atoms with Crippen LogP contribution in [0.4, 0.5) is 4.39 Å². The highest BCUT2D eigenvalue weighted by molar-refractivity contribution is 7.99. The van der Waals surface area contributed by atoms with E-state index in [1.54, 1.807) is 16.7 Å². The predicted molar refractivity (Wildman–Crippen MR) is 102 cm³/mol. The third-order valence-corrected chi connectivity index (χ3v) is 5.49. The van der Waals surface area contributed by atoms with E-state index in [0.29, 0.717) is 10.3 Å². The molecule has 1 heterocycles. The average molecular weight is 370 g/mol. The van der Waals surface area contributed by atoms with Gasteiger partial charge in [-0.2, -0.15) is 4.99 Å². The number of hydrogen-bond acceptors (Lipinski definition) is 3. The van der Waals surface area contributed by atoms with Crippen LogP contribution in [0.25, 0.3) is 10.2 Å². The minimum absolute atomic E-state index is 0.171. The van der Waals surface area contributed by atoms with Crippen molar-refractivity contribution < 1.29 is 9.18 Å². The van der Waals surface area contributed by atoms with Crippen molar-refractivity contribution in [3.05, 3.63) is 64.7 Å². The number of thioether (sulfide) groups is 1. The van der Waals surface area contributed by atoms with Crippen molar-refractivity contribution in [1.29, 1.82) is 0 Å². The number of terminal acetylenes is 1. The number of rotatable bonds is 5. The number of amides is 1. The molecule has 3 nitrogen and oxygen atoms in total. The summed E-state index contributed by atoms with van der Waals surface area (Å²) in [6, 6.07) is 14.7. The van der Waals surface area contributed by atoms with Crippen LogP contribution in [0.5, 0.6) is 0 Å². The number of halogens is 1. The second-order valence-electron chi connectivity index (χ2n) is 5.25. The van der Waals surface area contributed by atoms with Crippen molar-refractivity contribution in [3.8, 4) is 12.3 Å². The fourth-order valence-corrected chi connectivity index (χ4v) is 4.21. The third-order valence-electron chi connectivity index (χ3n) is 3.46. The fourth-order valence-electron chi connectivity index (χ4n) is 2.38. The van der Waals surface area contributed by atoms with Crippen molar-refractivity contribution in [2.45, 2.75) is 12.3 Å². The summed E-state index contributed by atoms with van der Waals surface area (Å²) >= 11 is 2.77. The van der Waals surface area contributed by atoms with Crippen molar-refractivity contribution in [2.75, 3.05) is 5.75 Å². The molecule has 3 aromatic rings. The molecule has 6 heteroatoms. The van der Waals surface area contributed by atoms with Crippen LogP contribution in [0, 0.1) is 18.2 Å². The molecule has 2 aromatic carbocycles.